The Morgan fingerprint density at radius 2 is 1.59 bits per heavy atom. The Morgan fingerprint density at radius 3 is 2.35 bits per heavy atom. The van der Waals surface area contributed by atoms with Crippen molar-refractivity contribution >= 4 is 10.8 Å². The van der Waals surface area contributed by atoms with E-state index < -0.39 is 0 Å². The molecule has 0 aliphatic heterocycles. The van der Waals surface area contributed by atoms with E-state index in [0.717, 1.165) is 17.0 Å². The molecule has 0 aliphatic carbocycles. The second-order valence-electron chi connectivity index (χ2n) is 4.02. The van der Waals surface area contributed by atoms with Gasteiger partial charge in [0.1, 0.15) is 0 Å². The maximum Gasteiger partial charge on any atom is 0.0723 e. The third-order valence-corrected chi connectivity index (χ3v) is 2.94. The number of aryl methyl sites for hydroxylation is 1. The van der Waals surface area contributed by atoms with Crippen molar-refractivity contribution in [3.8, 4) is 11.3 Å². The number of aromatic nitrogens is 2. The average molecular weight is 220 g/mol. The van der Waals surface area contributed by atoms with Gasteiger partial charge in [-0.2, -0.15) is 0 Å². The lowest BCUT2D eigenvalue weighted by Gasteiger charge is -2.07. The van der Waals surface area contributed by atoms with E-state index in [9.17, 15) is 0 Å². The van der Waals surface area contributed by atoms with Gasteiger partial charge in [-0.15, -0.1) is 0 Å². The van der Waals surface area contributed by atoms with Gasteiger partial charge in [-0.05, 0) is 24.4 Å². The van der Waals surface area contributed by atoms with Gasteiger partial charge in [0, 0.05) is 29.0 Å². The molecule has 0 unspecified atom stereocenters. The first-order valence-electron chi connectivity index (χ1n) is 5.62. The van der Waals surface area contributed by atoms with Crippen molar-refractivity contribution in [2.45, 2.75) is 6.92 Å². The average Bonchev–Trinajstić information content (AvgIpc) is 2.41. The molecule has 0 aliphatic rings. The first-order valence-corrected chi connectivity index (χ1v) is 5.62. The highest BCUT2D eigenvalue weighted by Crippen LogP contribution is 2.27. The number of benzene rings is 1. The molecule has 0 bridgehead atoms. The highest BCUT2D eigenvalue weighted by molar-refractivity contribution is 5.96. The molecule has 0 amide bonds. The molecule has 0 atom stereocenters. The minimum atomic E-state index is 0.969. The molecule has 2 nitrogen and oxygen atoms in total. The molecule has 17 heavy (non-hydrogen) atoms. The van der Waals surface area contributed by atoms with E-state index in [4.69, 9.17) is 0 Å². The monoisotopic (exact) mass is 220 g/mol. The second-order valence-corrected chi connectivity index (χ2v) is 4.02. The van der Waals surface area contributed by atoms with Crippen molar-refractivity contribution in [3.05, 3.63) is 60.6 Å². The molecule has 3 rings (SSSR count). The number of nitrogens with zero attached hydrogens (tertiary/aromatic N) is 2. The van der Waals surface area contributed by atoms with Crippen LogP contribution in [0.1, 0.15) is 5.69 Å². The van der Waals surface area contributed by atoms with E-state index in [-0.39, 0.29) is 0 Å². The van der Waals surface area contributed by atoms with Gasteiger partial charge in [-0.3, -0.25) is 9.97 Å². The minimum absolute atomic E-state index is 0.969. The van der Waals surface area contributed by atoms with Crippen LogP contribution in [0.3, 0.4) is 0 Å². The van der Waals surface area contributed by atoms with E-state index in [1.54, 1.807) is 0 Å². The van der Waals surface area contributed by atoms with Gasteiger partial charge >= 0.3 is 0 Å². The number of fused-ring (bicyclic) bond motifs is 1. The maximum absolute atomic E-state index is 4.44. The molecule has 82 valence electrons. The molecular formula is C15H12N2. The normalized spacial score (nSPS) is 10.6. The SMILES string of the molecule is Cc1ncc(-c2ccccn2)c2ccccc12. The summed E-state index contributed by atoms with van der Waals surface area (Å²) in [5, 5.41) is 2.40. The van der Waals surface area contributed by atoms with Gasteiger partial charge in [-0.25, -0.2) is 0 Å². The molecule has 3 aromatic rings. The fraction of sp³-hybridized carbons (Fsp3) is 0.0667. The molecule has 1 aromatic carbocycles. The summed E-state index contributed by atoms with van der Waals surface area (Å²) in [7, 11) is 0. The summed E-state index contributed by atoms with van der Waals surface area (Å²) in [6.45, 7) is 2.03. The van der Waals surface area contributed by atoms with Crippen LogP contribution in [-0.4, -0.2) is 9.97 Å². The smallest absolute Gasteiger partial charge is 0.0723 e. The Bertz CT molecular complexity index is 660. The van der Waals surface area contributed by atoms with Crippen LogP contribution in [0, 0.1) is 6.92 Å². The Labute approximate surface area is 100.0 Å². The highest BCUT2D eigenvalue weighted by Gasteiger charge is 2.06. The third-order valence-electron chi connectivity index (χ3n) is 2.94. The van der Waals surface area contributed by atoms with E-state index in [1.165, 1.54) is 10.8 Å². The summed E-state index contributed by atoms with van der Waals surface area (Å²) < 4.78 is 0. The predicted octanol–water partition coefficient (Wildman–Crippen LogP) is 3.61. The summed E-state index contributed by atoms with van der Waals surface area (Å²) in [6.07, 6.45) is 3.71. The summed E-state index contributed by atoms with van der Waals surface area (Å²) in [4.78, 5) is 8.83. The van der Waals surface area contributed by atoms with Crippen LogP contribution in [-0.2, 0) is 0 Å². The molecule has 0 fully saturated rings. The molecule has 0 radical (unpaired) electrons. The van der Waals surface area contributed by atoms with Gasteiger partial charge in [0.2, 0.25) is 0 Å². The van der Waals surface area contributed by atoms with Crippen LogP contribution in [0.5, 0.6) is 0 Å². The Morgan fingerprint density at radius 1 is 0.824 bits per heavy atom. The first-order chi connectivity index (χ1) is 8.36. The standard InChI is InChI=1S/C15H12N2/c1-11-12-6-2-3-7-13(12)14(10-17-11)15-8-4-5-9-16-15/h2-10H,1H3. The Kier molecular flexibility index (Phi) is 2.33. The third kappa shape index (κ3) is 1.68. The van der Waals surface area contributed by atoms with E-state index in [2.05, 4.69) is 22.1 Å². The molecular weight excluding hydrogens is 208 g/mol. The van der Waals surface area contributed by atoms with Crippen LogP contribution in [0.2, 0.25) is 0 Å². The topological polar surface area (TPSA) is 25.8 Å². The van der Waals surface area contributed by atoms with E-state index in [0.29, 0.717) is 0 Å². The quantitative estimate of drug-likeness (QED) is 0.626. The molecule has 0 saturated heterocycles. The van der Waals surface area contributed by atoms with Crippen molar-refractivity contribution in [3.63, 3.8) is 0 Å². The fourth-order valence-corrected chi connectivity index (χ4v) is 2.06. The minimum Gasteiger partial charge on any atom is -0.260 e. The highest BCUT2D eigenvalue weighted by atomic mass is 14.7. The lowest BCUT2D eigenvalue weighted by Crippen LogP contribution is -1.89. The molecule has 2 heteroatoms. The summed E-state index contributed by atoms with van der Waals surface area (Å²) in [5.41, 5.74) is 3.11. The van der Waals surface area contributed by atoms with Crippen LogP contribution < -0.4 is 0 Å². The zero-order valence-electron chi connectivity index (χ0n) is 9.59. The van der Waals surface area contributed by atoms with Gasteiger partial charge < -0.3 is 0 Å². The van der Waals surface area contributed by atoms with Crippen LogP contribution in [0.4, 0.5) is 0 Å². The van der Waals surface area contributed by atoms with Gasteiger partial charge in [0.15, 0.2) is 0 Å². The Balaban J connectivity index is 2.35. The second kappa shape index (κ2) is 3.98. The lowest BCUT2D eigenvalue weighted by atomic mass is 10.0. The van der Waals surface area contributed by atoms with Crippen LogP contribution in [0.15, 0.2) is 54.9 Å². The zero-order chi connectivity index (χ0) is 11.7. The van der Waals surface area contributed by atoms with Crippen molar-refractivity contribution < 1.29 is 0 Å². The predicted molar refractivity (Wildman–Crippen MR) is 69.7 cm³/mol. The number of hydrogen-bond acceptors (Lipinski definition) is 2. The van der Waals surface area contributed by atoms with Gasteiger partial charge in [0.05, 0.1) is 5.69 Å². The van der Waals surface area contributed by atoms with E-state index >= 15 is 0 Å². The van der Waals surface area contributed by atoms with E-state index in [1.807, 2.05) is 49.6 Å². The molecule has 2 heterocycles. The summed E-state index contributed by atoms with van der Waals surface area (Å²) in [6, 6.07) is 14.2. The molecule has 2 aromatic heterocycles. The molecule has 0 N–H and O–H groups in total. The number of pyridine rings is 2. The van der Waals surface area contributed by atoms with Crippen molar-refractivity contribution in [2.75, 3.05) is 0 Å². The van der Waals surface area contributed by atoms with Crippen LogP contribution >= 0.6 is 0 Å². The first kappa shape index (κ1) is 9.97. The fourth-order valence-electron chi connectivity index (χ4n) is 2.06. The maximum atomic E-state index is 4.44. The number of rotatable bonds is 1. The number of hydrogen-bond donors (Lipinski definition) is 0. The van der Waals surface area contributed by atoms with Crippen molar-refractivity contribution in [1.29, 1.82) is 0 Å². The van der Waals surface area contributed by atoms with Gasteiger partial charge in [0.25, 0.3) is 0 Å². The molecule has 0 saturated carbocycles. The summed E-state index contributed by atoms with van der Waals surface area (Å²) >= 11 is 0. The Hall–Kier alpha value is -2.22. The zero-order valence-corrected chi connectivity index (χ0v) is 9.59. The van der Waals surface area contributed by atoms with Crippen LogP contribution in [0.25, 0.3) is 22.0 Å². The van der Waals surface area contributed by atoms with Gasteiger partial charge in [-0.1, -0.05) is 30.3 Å². The molecule has 0 spiro atoms. The van der Waals surface area contributed by atoms with Crippen molar-refractivity contribution in [2.24, 2.45) is 0 Å². The largest absolute Gasteiger partial charge is 0.260 e. The van der Waals surface area contributed by atoms with Crippen molar-refractivity contribution in [1.82, 2.24) is 9.97 Å². The summed E-state index contributed by atoms with van der Waals surface area (Å²) in [5.74, 6) is 0. The lowest BCUT2D eigenvalue weighted by molar-refractivity contribution is 1.22.